The molecule has 3 rings (SSSR count). The predicted molar refractivity (Wildman–Crippen MR) is 119 cm³/mol. The molecule has 0 spiro atoms. The van der Waals surface area contributed by atoms with Gasteiger partial charge in [0.15, 0.2) is 0 Å². The van der Waals surface area contributed by atoms with Crippen LogP contribution in [0.15, 0.2) is 35.2 Å². The fraction of sp³-hybridized carbons (Fsp3) is 0.300. The molecule has 0 atom stereocenters. The third-order valence-corrected chi connectivity index (χ3v) is 7.79. The summed E-state index contributed by atoms with van der Waals surface area (Å²) in [6.07, 6.45) is -4.59. The van der Waals surface area contributed by atoms with Crippen LogP contribution in [0.25, 0.3) is 10.2 Å². The van der Waals surface area contributed by atoms with Crippen LogP contribution < -0.4 is 10.2 Å². The molecule has 0 fully saturated rings. The lowest BCUT2D eigenvalue weighted by molar-refractivity contribution is -0.140. The second-order valence-electron chi connectivity index (χ2n) is 7.42. The van der Waals surface area contributed by atoms with Crippen LogP contribution >= 0.6 is 11.3 Å². The van der Waals surface area contributed by atoms with Crippen molar-refractivity contribution in [1.29, 1.82) is 0 Å². The number of anilines is 2. The van der Waals surface area contributed by atoms with Crippen LogP contribution in [0.4, 0.5) is 24.5 Å². The molecule has 32 heavy (non-hydrogen) atoms. The molecule has 0 unspecified atom stereocenters. The molecule has 0 aliphatic carbocycles. The molecule has 2 aromatic heterocycles. The largest absolute Gasteiger partial charge is 0.433 e. The smallest absolute Gasteiger partial charge is 0.376 e. The van der Waals surface area contributed by atoms with Crippen LogP contribution in [0.1, 0.15) is 20.9 Å². The first-order chi connectivity index (χ1) is 14.7. The van der Waals surface area contributed by atoms with Crippen molar-refractivity contribution >= 4 is 48.9 Å². The van der Waals surface area contributed by atoms with Crippen molar-refractivity contribution in [2.75, 3.05) is 38.4 Å². The Labute approximate surface area is 187 Å². The number of pyridine rings is 1. The van der Waals surface area contributed by atoms with Gasteiger partial charge in [-0.2, -0.15) is 13.2 Å². The number of fused-ring (bicyclic) bond motifs is 1. The minimum atomic E-state index is -4.59. The third kappa shape index (κ3) is 4.43. The van der Waals surface area contributed by atoms with Crippen molar-refractivity contribution in [2.24, 2.45) is 0 Å². The van der Waals surface area contributed by atoms with Gasteiger partial charge in [-0.1, -0.05) is 0 Å². The van der Waals surface area contributed by atoms with Crippen LogP contribution in [0.5, 0.6) is 0 Å². The average molecular weight is 487 g/mol. The van der Waals surface area contributed by atoms with E-state index in [0.717, 1.165) is 21.7 Å². The number of rotatable bonds is 5. The zero-order valence-electron chi connectivity index (χ0n) is 17.9. The van der Waals surface area contributed by atoms with Gasteiger partial charge in [0, 0.05) is 33.6 Å². The molecule has 1 amide bonds. The number of hydrogen-bond acceptors (Lipinski definition) is 6. The van der Waals surface area contributed by atoms with Gasteiger partial charge in [-0.05, 0) is 42.8 Å². The van der Waals surface area contributed by atoms with Gasteiger partial charge in [0.1, 0.15) is 10.5 Å². The molecular formula is C20H21F3N4O3S2. The van der Waals surface area contributed by atoms with Crippen molar-refractivity contribution in [1.82, 2.24) is 9.29 Å². The van der Waals surface area contributed by atoms with Crippen molar-refractivity contribution in [2.45, 2.75) is 18.0 Å². The molecule has 1 aromatic carbocycles. The van der Waals surface area contributed by atoms with Crippen LogP contribution in [-0.4, -0.2) is 51.8 Å². The van der Waals surface area contributed by atoms with Gasteiger partial charge < -0.3 is 10.2 Å². The summed E-state index contributed by atoms with van der Waals surface area (Å²) < 4.78 is 65.0. The quantitative estimate of drug-likeness (QED) is 0.585. The van der Waals surface area contributed by atoms with E-state index in [4.69, 9.17) is 0 Å². The first-order valence-electron chi connectivity index (χ1n) is 9.26. The Kier molecular flexibility index (Phi) is 6.24. The number of amides is 1. The molecule has 0 aliphatic heterocycles. The van der Waals surface area contributed by atoms with E-state index in [9.17, 15) is 26.4 Å². The lowest BCUT2D eigenvalue weighted by Crippen LogP contribution is -2.23. The highest BCUT2D eigenvalue weighted by Gasteiger charge is 2.33. The summed E-state index contributed by atoms with van der Waals surface area (Å²) in [5.74, 6) is -0.568. The fourth-order valence-electron chi connectivity index (χ4n) is 3.03. The van der Waals surface area contributed by atoms with Crippen molar-refractivity contribution in [3.05, 3.63) is 46.5 Å². The lowest BCUT2D eigenvalue weighted by Gasteiger charge is -2.20. The normalized spacial score (nSPS) is 12.4. The molecule has 0 saturated heterocycles. The van der Waals surface area contributed by atoms with E-state index in [2.05, 4.69) is 10.3 Å². The minimum Gasteiger partial charge on any atom is -0.376 e. The summed E-state index contributed by atoms with van der Waals surface area (Å²) in [4.78, 5) is 18.7. The predicted octanol–water partition coefficient (Wildman–Crippen LogP) is 4.19. The Morgan fingerprint density at radius 1 is 1.09 bits per heavy atom. The van der Waals surface area contributed by atoms with Crippen molar-refractivity contribution < 1.29 is 26.4 Å². The Hall–Kier alpha value is -2.70. The highest BCUT2D eigenvalue weighted by Crippen LogP contribution is 2.35. The number of hydrogen-bond donors (Lipinski definition) is 1. The molecule has 2 heterocycles. The standard InChI is InChI=1S/C20H21F3N4O3S2/c1-11-13-7-9-16(20(21,22)23)25-19(13)31-17(11)18(28)24-14-10-12(32(29,30)27(4)5)6-8-15(14)26(2)3/h6-10H,1-5H3,(H,24,28). The van der Waals surface area contributed by atoms with Gasteiger partial charge >= 0.3 is 6.18 Å². The van der Waals surface area contributed by atoms with Crippen LogP contribution in [-0.2, 0) is 16.2 Å². The summed E-state index contributed by atoms with van der Waals surface area (Å²) in [5.41, 5.74) is 0.276. The second kappa shape index (κ2) is 8.34. The Balaban J connectivity index is 2.04. The van der Waals surface area contributed by atoms with Crippen LogP contribution in [0.3, 0.4) is 0 Å². The average Bonchev–Trinajstić information content (AvgIpc) is 3.03. The number of carbonyl (C=O) groups excluding carboxylic acids is 1. The SMILES string of the molecule is Cc1c(C(=O)Nc2cc(S(=O)(=O)N(C)C)ccc2N(C)C)sc2nc(C(F)(F)F)ccc12. The monoisotopic (exact) mass is 486 g/mol. The summed E-state index contributed by atoms with van der Waals surface area (Å²) in [6.45, 7) is 1.63. The fourth-order valence-corrected chi connectivity index (χ4v) is 5.03. The summed E-state index contributed by atoms with van der Waals surface area (Å²) in [6, 6.07) is 6.53. The van der Waals surface area contributed by atoms with Gasteiger partial charge in [0.25, 0.3) is 5.91 Å². The number of sulfonamides is 1. The topological polar surface area (TPSA) is 82.6 Å². The van der Waals surface area contributed by atoms with E-state index in [-0.39, 0.29) is 20.3 Å². The molecule has 172 valence electrons. The number of aryl methyl sites for hydroxylation is 1. The number of alkyl halides is 3. The molecule has 0 saturated carbocycles. The van der Waals surface area contributed by atoms with E-state index in [1.54, 1.807) is 32.0 Å². The Morgan fingerprint density at radius 2 is 1.75 bits per heavy atom. The second-order valence-corrected chi connectivity index (χ2v) is 10.6. The number of carbonyl (C=O) groups is 1. The molecule has 7 nitrogen and oxygen atoms in total. The third-order valence-electron chi connectivity index (χ3n) is 4.78. The van der Waals surface area contributed by atoms with Crippen LogP contribution in [0, 0.1) is 6.92 Å². The van der Waals surface area contributed by atoms with Gasteiger partial charge in [-0.3, -0.25) is 4.79 Å². The molecule has 0 bridgehead atoms. The van der Waals surface area contributed by atoms with Gasteiger partial charge in [0.05, 0.1) is 21.1 Å². The minimum absolute atomic E-state index is 0.00653. The first kappa shape index (κ1) is 24.0. The number of thiophene rings is 1. The van der Waals surface area contributed by atoms with Gasteiger partial charge in [-0.25, -0.2) is 17.7 Å². The highest BCUT2D eigenvalue weighted by atomic mass is 32.2. The lowest BCUT2D eigenvalue weighted by atomic mass is 10.1. The number of halogens is 3. The zero-order valence-corrected chi connectivity index (χ0v) is 19.5. The van der Waals surface area contributed by atoms with E-state index in [0.29, 0.717) is 16.6 Å². The maximum atomic E-state index is 13.0. The van der Waals surface area contributed by atoms with E-state index >= 15 is 0 Å². The van der Waals surface area contributed by atoms with Crippen molar-refractivity contribution in [3.8, 4) is 0 Å². The van der Waals surface area contributed by atoms with Crippen LogP contribution in [0.2, 0.25) is 0 Å². The number of nitrogens with zero attached hydrogens (tertiary/aromatic N) is 3. The number of nitrogens with one attached hydrogen (secondary N) is 1. The van der Waals surface area contributed by atoms with Crippen molar-refractivity contribution in [3.63, 3.8) is 0 Å². The molecule has 0 radical (unpaired) electrons. The first-order valence-corrected chi connectivity index (χ1v) is 11.5. The zero-order chi connectivity index (χ0) is 24.0. The van der Waals surface area contributed by atoms with E-state index in [1.807, 2.05) is 0 Å². The van der Waals surface area contributed by atoms with Gasteiger partial charge in [-0.15, -0.1) is 11.3 Å². The maximum Gasteiger partial charge on any atom is 0.433 e. The Morgan fingerprint density at radius 3 is 2.31 bits per heavy atom. The molecule has 1 N–H and O–H groups in total. The highest BCUT2D eigenvalue weighted by molar-refractivity contribution is 7.89. The summed E-state index contributed by atoms with van der Waals surface area (Å²) in [5, 5.41) is 3.15. The molecule has 12 heteroatoms. The molecular weight excluding hydrogens is 465 g/mol. The molecule has 3 aromatic rings. The number of aromatic nitrogens is 1. The number of benzene rings is 1. The summed E-state index contributed by atoms with van der Waals surface area (Å²) >= 11 is 0.847. The summed E-state index contributed by atoms with van der Waals surface area (Å²) in [7, 11) is 2.53. The Bertz CT molecular complexity index is 1300. The van der Waals surface area contributed by atoms with E-state index < -0.39 is 27.8 Å². The maximum absolute atomic E-state index is 13.0. The van der Waals surface area contributed by atoms with E-state index in [1.165, 1.54) is 32.3 Å². The van der Waals surface area contributed by atoms with Gasteiger partial charge in [0.2, 0.25) is 10.0 Å². The molecule has 0 aliphatic rings.